The van der Waals surface area contributed by atoms with E-state index in [0.717, 1.165) is 0 Å². The van der Waals surface area contributed by atoms with Crippen LogP contribution in [0.5, 0.6) is 0 Å². The lowest BCUT2D eigenvalue weighted by atomic mass is 10.1. The number of halogens is 1. The van der Waals surface area contributed by atoms with E-state index in [0.29, 0.717) is 0 Å². The van der Waals surface area contributed by atoms with Crippen molar-refractivity contribution in [3.8, 4) is 17.4 Å². The first-order chi connectivity index (χ1) is 6.83. The fraction of sp³-hybridized carbons (Fsp3) is 0. The topological polar surface area (TPSA) is 49.8 Å². The monoisotopic (exact) mass is 188 g/mol. The summed E-state index contributed by atoms with van der Waals surface area (Å²) in [7, 11) is 0. The molecule has 0 aliphatic rings. The number of benzene rings is 1. The molecule has 4 heteroatoms. The first-order valence-corrected chi connectivity index (χ1v) is 3.92. The summed E-state index contributed by atoms with van der Waals surface area (Å²) in [5, 5.41) is 12.1. The molecule has 0 saturated heterocycles. The van der Waals surface area contributed by atoms with Crippen LogP contribution < -0.4 is 0 Å². The highest BCUT2D eigenvalue weighted by atomic mass is 19.1. The van der Waals surface area contributed by atoms with Crippen LogP contribution in [0.25, 0.3) is 11.3 Å². The molecule has 14 heavy (non-hydrogen) atoms. The molecule has 0 unspecified atom stereocenters. The van der Waals surface area contributed by atoms with E-state index in [1.54, 1.807) is 12.1 Å². The maximum Gasteiger partial charge on any atom is 0.187 e. The summed E-state index contributed by atoms with van der Waals surface area (Å²) in [4.78, 5) is 0. The van der Waals surface area contributed by atoms with E-state index in [4.69, 9.17) is 9.78 Å². The van der Waals surface area contributed by atoms with E-state index >= 15 is 0 Å². The summed E-state index contributed by atoms with van der Waals surface area (Å²) < 4.78 is 18.1. The number of rotatable bonds is 1. The molecule has 68 valence electrons. The van der Waals surface area contributed by atoms with E-state index in [2.05, 4.69) is 5.16 Å². The lowest BCUT2D eigenvalue weighted by Gasteiger charge is -1.96. The van der Waals surface area contributed by atoms with Gasteiger partial charge < -0.3 is 4.52 Å². The minimum Gasteiger partial charge on any atom is -0.355 e. The molecule has 3 nitrogen and oxygen atoms in total. The number of nitrogens with zero attached hydrogens (tertiary/aromatic N) is 2. The molecular formula is C10H5FN2O. The molecular weight excluding hydrogens is 183 g/mol. The van der Waals surface area contributed by atoms with Gasteiger partial charge in [0.05, 0.1) is 11.8 Å². The summed E-state index contributed by atoms with van der Waals surface area (Å²) in [5.74, 6) is -0.258. The molecule has 1 heterocycles. The zero-order valence-corrected chi connectivity index (χ0v) is 7.07. The Labute approximate surface area is 79.4 Å². The van der Waals surface area contributed by atoms with E-state index in [9.17, 15) is 4.39 Å². The fourth-order valence-corrected chi connectivity index (χ4v) is 1.16. The number of hydrogen-bond donors (Lipinski definition) is 0. The van der Waals surface area contributed by atoms with Gasteiger partial charge in [0.15, 0.2) is 5.76 Å². The SMILES string of the molecule is N#Cc1cnoc1-c1ccccc1F. The van der Waals surface area contributed by atoms with E-state index in [1.807, 2.05) is 6.07 Å². The molecule has 0 aliphatic heterocycles. The van der Waals surface area contributed by atoms with Crippen LogP contribution in [-0.2, 0) is 0 Å². The van der Waals surface area contributed by atoms with Gasteiger partial charge in [-0.3, -0.25) is 0 Å². The predicted octanol–water partition coefficient (Wildman–Crippen LogP) is 2.35. The van der Waals surface area contributed by atoms with Crippen molar-refractivity contribution >= 4 is 0 Å². The second-order valence-corrected chi connectivity index (χ2v) is 2.66. The Hall–Kier alpha value is -2.15. The van der Waals surface area contributed by atoms with Gasteiger partial charge in [-0.15, -0.1) is 0 Å². The van der Waals surface area contributed by atoms with Crippen molar-refractivity contribution in [3.63, 3.8) is 0 Å². The summed E-state index contributed by atoms with van der Waals surface area (Å²) >= 11 is 0. The van der Waals surface area contributed by atoms with Crippen molar-refractivity contribution < 1.29 is 8.91 Å². The van der Waals surface area contributed by atoms with Crippen molar-refractivity contribution in [3.05, 3.63) is 41.8 Å². The van der Waals surface area contributed by atoms with Crippen molar-refractivity contribution in [2.45, 2.75) is 0 Å². The van der Waals surface area contributed by atoms with Crippen LogP contribution in [0.3, 0.4) is 0 Å². The molecule has 0 N–H and O–H groups in total. The first kappa shape index (κ1) is 8.45. The summed E-state index contributed by atoms with van der Waals surface area (Å²) in [5.41, 5.74) is 0.483. The van der Waals surface area contributed by atoms with Gasteiger partial charge >= 0.3 is 0 Å². The molecule has 0 amide bonds. The van der Waals surface area contributed by atoms with Gasteiger partial charge in [0.1, 0.15) is 17.4 Å². The summed E-state index contributed by atoms with van der Waals surface area (Å²) in [6.07, 6.45) is 1.27. The Morgan fingerprint density at radius 1 is 1.36 bits per heavy atom. The van der Waals surface area contributed by atoms with Crippen LogP contribution in [0, 0.1) is 17.1 Å². The van der Waals surface area contributed by atoms with Gasteiger partial charge in [0, 0.05) is 0 Å². The third-order valence-electron chi connectivity index (χ3n) is 1.81. The molecule has 0 saturated carbocycles. The largest absolute Gasteiger partial charge is 0.355 e. The van der Waals surface area contributed by atoms with Crippen molar-refractivity contribution in [2.24, 2.45) is 0 Å². The molecule has 0 spiro atoms. The predicted molar refractivity (Wildman–Crippen MR) is 46.6 cm³/mol. The van der Waals surface area contributed by atoms with Crippen LogP contribution in [0.1, 0.15) is 5.56 Å². The third kappa shape index (κ3) is 1.25. The zero-order valence-electron chi connectivity index (χ0n) is 7.07. The van der Waals surface area contributed by atoms with E-state index in [-0.39, 0.29) is 16.9 Å². The van der Waals surface area contributed by atoms with Gasteiger partial charge in [-0.05, 0) is 12.1 Å². The molecule has 0 aliphatic carbocycles. The number of hydrogen-bond acceptors (Lipinski definition) is 3. The Morgan fingerprint density at radius 2 is 2.14 bits per heavy atom. The lowest BCUT2D eigenvalue weighted by Crippen LogP contribution is -1.83. The molecule has 0 radical (unpaired) electrons. The second-order valence-electron chi connectivity index (χ2n) is 2.66. The minimum atomic E-state index is -0.430. The average Bonchev–Trinajstić information content (AvgIpc) is 2.66. The number of aromatic nitrogens is 1. The van der Waals surface area contributed by atoms with Crippen LogP contribution in [-0.4, -0.2) is 5.16 Å². The normalized spacial score (nSPS) is 9.71. The Morgan fingerprint density at radius 3 is 2.86 bits per heavy atom. The van der Waals surface area contributed by atoms with Crippen LogP contribution in [0.15, 0.2) is 35.0 Å². The Kier molecular flexibility index (Phi) is 1.99. The van der Waals surface area contributed by atoms with Crippen molar-refractivity contribution in [1.29, 1.82) is 5.26 Å². The standard InChI is InChI=1S/C10H5FN2O/c11-9-4-2-1-3-8(9)10-7(5-12)6-13-14-10/h1-4,6H. The van der Waals surface area contributed by atoms with Gasteiger partial charge in [0.25, 0.3) is 0 Å². The van der Waals surface area contributed by atoms with Crippen LogP contribution in [0.4, 0.5) is 4.39 Å². The van der Waals surface area contributed by atoms with Crippen LogP contribution in [0.2, 0.25) is 0 Å². The molecule has 0 fully saturated rings. The second kappa shape index (κ2) is 3.30. The maximum absolute atomic E-state index is 13.3. The van der Waals surface area contributed by atoms with Gasteiger partial charge in [0.2, 0.25) is 0 Å². The molecule has 2 aromatic rings. The lowest BCUT2D eigenvalue weighted by molar-refractivity contribution is 0.429. The quantitative estimate of drug-likeness (QED) is 0.690. The van der Waals surface area contributed by atoms with Crippen LogP contribution >= 0.6 is 0 Å². The highest BCUT2D eigenvalue weighted by Crippen LogP contribution is 2.25. The summed E-state index contributed by atoms with van der Waals surface area (Å²) in [6.45, 7) is 0. The molecule has 2 rings (SSSR count). The molecule has 1 aromatic heterocycles. The smallest absolute Gasteiger partial charge is 0.187 e. The Balaban J connectivity index is 2.62. The number of nitriles is 1. The van der Waals surface area contributed by atoms with E-state index in [1.165, 1.54) is 18.3 Å². The fourth-order valence-electron chi connectivity index (χ4n) is 1.16. The average molecular weight is 188 g/mol. The van der Waals surface area contributed by atoms with Gasteiger partial charge in [-0.2, -0.15) is 5.26 Å². The highest BCUT2D eigenvalue weighted by molar-refractivity contribution is 5.64. The first-order valence-electron chi connectivity index (χ1n) is 3.92. The van der Waals surface area contributed by atoms with Crippen molar-refractivity contribution in [2.75, 3.05) is 0 Å². The molecule has 1 aromatic carbocycles. The highest BCUT2D eigenvalue weighted by Gasteiger charge is 2.13. The third-order valence-corrected chi connectivity index (χ3v) is 1.81. The maximum atomic E-state index is 13.3. The Bertz CT molecular complexity index is 499. The zero-order chi connectivity index (χ0) is 9.97. The van der Waals surface area contributed by atoms with Gasteiger partial charge in [-0.25, -0.2) is 4.39 Å². The van der Waals surface area contributed by atoms with Gasteiger partial charge in [-0.1, -0.05) is 17.3 Å². The van der Waals surface area contributed by atoms with E-state index < -0.39 is 5.82 Å². The summed E-state index contributed by atoms with van der Waals surface area (Å²) in [6, 6.07) is 7.96. The minimum absolute atomic E-state index is 0.172. The molecule has 0 bridgehead atoms. The molecule has 0 atom stereocenters. The van der Waals surface area contributed by atoms with Crippen molar-refractivity contribution in [1.82, 2.24) is 5.16 Å².